The van der Waals surface area contributed by atoms with E-state index in [1.807, 2.05) is 0 Å². The van der Waals surface area contributed by atoms with Gasteiger partial charge in [0.05, 0.1) is 19.3 Å². The van der Waals surface area contributed by atoms with Crippen molar-refractivity contribution in [3.05, 3.63) is 6.20 Å². The lowest BCUT2D eigenvalue weighted by Gasteiger charge is -2.05. The van der Waals surface area contributed by atoms with Crippen molar-refractivity contribution < 1.29 is 4.74 Å². The number of nitrogen functional groups attached to an aromatic ring is 1. The highest BCUT2D eigenvalue weighted by Gasteiger charge is 1.97. The molecule has 1 heterocycles. The Hall–Kier alpha value is -1.10. The van der Waals surface area contributed by atoms with Crippen molar-refractivity contribution in [1.29, 1.82) is 0 Å². The summed E-state index contributed by atoms with van der Waals surface area (Å²) in [5.74, 6) is 1.14. The van der Waals surface area contributed by atoms with E-state index in [1.165, 1.54) is 6.20 Å². The summed E-state index contributed by atoms with van der Waals surface area (Å²) in [4.78, 5) is 1.55. The summed E-state index contributed by atoms with van der Waals surface area (Å²) < 4.78 is 5.42. The van der Waals surface area contributed by atoms with Gasteiger partial charge in [-0.05, 0) is 12.3 Å². The molecule has 1 rings (SSSR count). The van der Waals surface area contributed by atoms with Crippen LogP contribution in [0.3, 0.4) is 0 Å². The largest absolute Gasteiger partial charge is 0.381 e. The van der Waals surface area contributed by atoms with E-state index < -0.39 is 0 Å². The number of aromatic nitrogens is 3. The summed E-state index contributed by atoms with van der Waals surface area (Å²) in [5, 5.41) is 7.90. The molecule has 0 aromatic carbocycles. The number of hydrogen-bond donors (Lipinski definition) is 1. The molecule has 0 fully saturated rings. The molecular formula is C9H18N4O. The zero-order valence-corrected chi connectivity index (χ0v) is 8.81. The smallest absolute Gasteiger partial charge is 0.165 e. The fourth-order valence-corrected chi connectivity index (χ4v) is 0.986. The second kappa shape index (κ2) is 5.59. The van der Waals surface area contributed by atoms with Crippen LogP contribution in [-0.4, -0.2) is 28.2 Å². The van der Waals surface area contributed by atoms with Crippen molar-refractivity contribution in [2.24, 2.45) is 5.92 Å². The van der Waals surface area contributed by atoms with Crippen LogP contribution in [0.25, 0.3) is 0 Å². The molecule has 0 bridgehead atoms. The molecule has 0 amide bonds. The second-order valence-electron chi connectivity index (χ2n) is 3.66. The van der Waals surface area contributed by atoms with Crippen molar-refractivity contribution in [2.45, 2.75) is 26.8 Å². The maximum Gasteiger partial charge on any atom is 0.165 e. The Bertz CT molecular complexity index is 259. The Labute approximate surface area is 84.2 Å². The van der Waals surface area contributed by atoms with Gasteiger partial charge in [-0.3, -0.25) is 0 Å². The summed E-state index contributed by atoms with van der Waals surface area (Å²) in [5.41, 5.74) is 5.41. The van der Waals surface area contributed by atoms with Gasteiger partial charge in [-0.15, -0.1) is 5.10 Å². The molecule has 0 aliphatic carbocycles. The molecule has 0 aliphatic heterocycles. The van der Waals surface area contributed by atoms with Gasteiger partial charge in [0, 0.05) is 6.61 Å². The first-order valence-corrected chi connectivity index (χ1v) is 4.92. The van der Waals surface area contributed by atoms with Crippen molar-refractivity contribution in [2.75, 3.05) is 18.9 Å². The molecular weight excluding hydrogens is 180 g/mol. The molecule has 80 valence electrons. The molecule has 0 aliphatic rings. The minimum atomic E-state index is 0.451. The first-order chi connectivity index (χ1) is 6.68. The molecule has 0 unspecified atom stereocenters. The Morgan fingerprint density at radius 1 is 1.50 bits per heavy atom. The number of anilines is 1. The van der Waals surface area contributed by atoms with Crippen molar-refractivity contribution >= 4 is 5.82 Å². The molecule has 2 N–H and O–H groups in total. The SMILES string of the molecule is CC(C)CCOCCn1ncc(N)n1. The maximum atomic E-state index is 5.42. The van der Waals surface area contributed by atoms with Crippen LogP contribution in [0.15, 0.2) is 6.20 Å². The molecule has 1 aromatic rings. The van der Waals surface area contributed by atoms with Crippen LogP contribution in [0.1, 0.15) is 20.3 Å². The van der Waals surface area contributed by atoms with E-state index in [-0.39, 0.29) is 0 Å². The zero-order valence-electron chi connectivity index (χ0n) is 8.81. The summed E-state index contributed by atoms with van der Waals surface area (Å²) in [6.07, 6.45) is 2.63. The van der Waals surface area contributed by atoms with Crippen molar-refractivity contribution in [1.82, 2.24) is 15.0 Å². The quantitative estimate of drug-likeness (QED) is 0.690. The lowest BCUT2D eigenvalue weighted by atomic mass is 10.1. The number of hydrogen-bond acceptors (Lipinski definition) is 4. The average Bonchev–Trinajstić information content (AvgIpc) is 2.50. The maximum absolute atomic E-state index is 5.42. The Morgan fingerprint density at radius 2 is 2.29 bits per heavy atom. The predicted octanol–water partition coefficient (Wildman–Crippen LogP) is 0.923. The molecule has 5 nitrogen and oxygen atoms in total. The van der Waals surface area contributed by atoms with E-state index in [2.05, 4.69) is 24.0 Å². The normalized spacial score (nSPS) is 11.1. The number of nitrogens with zero attached hydrogens (tertiary/aromatic N) is 3. The number of rotatable bonds is 6. The third-order valence-electron chi connectivity index (χ3n) is 1.83. The fourth-order valence-electron chi connectivity index (χ4n) is 0.986. The fraction of sp³-hybridized carbons (Fsp3) is 0.778. The molecule has 5 heteroatoms. The van der Waals surface area contributed by atoms with Crippen molar-refractivity contribution in [3.8, 4) is 0 Å². The molecule has 0 saturated carbocycles. The van der Waals surface area contributed by atoms with Crippen LogP contribution in [0.2, 0.25) is 0 Å². The molecule has 0 saturated heterocycles. The predicted molar refractivity (Wildman–Crippen MR) is 54.7 cm³/mol. The van der Waals surface area contributed by atoms with Crippen molar-refractivity contribution in [3.63, 3.8) is 0 Å². The van der Waals surface area contributed by atoms with Gasteiger partial charge in [0.25, 0.3) is 0 Å². The summed E-state index contributed by atoms with van der Waals surface area (Å²) in [6, 6.07) is 0. The van der Waals surface area contributed by atoms with Crippen LogP contribution in [0.4, 0.5) is 5.82 Å². The third kappa shape index (κ3) is 4.23. The lowest BCUT2D eigenvalue weighted by molar-refractivity contribution is 0.111. The average molecular weight is 198 g/mol. The highest BCUT2D eigenvalue weighted by atomic mass is 16.5. The topological polar surface area (TPSA) is 66.0 Å². The van der Waals surface area contributed by atoms with E-state index in [0.29, 0.717) is 24.9 Å². The van der Waals surface area contributed by atoms with E-state index in [4.69, 9.17) is 10.5 Å². The van der Waals surface area contributed by atoms with E-state index in [1.54, 1.807) is 4.80 Å². The molecule has 14 heavy (non-hydrogen) atoms. The number of nitrogens with two attached hydrogens (primary N) is 1. The number of ether oxygens (including phenoxy) is 1. The summed E-state index contributed by atoms with van der Waals surface area (Å²) in [6.45, 7) is 6.46. The Kier molecular flexibility index (Phi) is 4.39. The minimum absolute atomic E-state index is 0.451. The van der Waals surface area contributed by atoms with E-state index >= 15 is 0 Å². The first-order valence-electron chi connectivity index (χ1n) is 4.92. The Balaban J connectivity index is 2.04. The molecule has 0 spiro atoms. The van der Waals surface area contributed by atoms with E-state index in [0.717, 1.165) is 13.0 Å². The first kappa shape index (κ1) is 11.0. The van der Waals surface area contributed by atoms with Crippen LogP contribution >= 0.6 is 0 Å². The lowest BCUT2D eigenvalue weighted by Crippen LogP contribution is -2.10. The van der Waals surface area contributed by atoms with Gasteiger partial charge in [0.1, 0.15) is 0 Å². The highest BCUT2D eigenvalue weighted by Crippen LogP contribution is 1.98. The summed E-state index contributed by atoms with van der Waals surface area (Å²) in [7, 11) is 0. The van der Waals surface area contributed by atoms with E-state index in [9.17, 15) is 0 Å². The minimum Gasteiger partial charge on any atom is -0.381 e. The van der Waals surface area contributed by atoms with Gasteiger partial charge in [0.2, 0.25) is 0 Å². The second-order valence-corrected chi connectivity index (χ2v) is 3.66. The van der Waals surface area contributed by atoms with Gasteiger partial charge in [-0.25, -0.2) is 0 Å². The van der Waals surface area contributed by atoms with Crippen LogP contribution in [-0.2, 0) is 11.3 Å². The van der Waals surface area contributed by atoms with Crippen LogP contribution in [0.5, 0.6) is 0 Å². The molecule has 1 aromatic heterocycles. The molecule has 0 atom stereocenters. The van der Waals surface area contributed by atoms with Gasteiger partial charge in [-0.2, -0.15) is 9.90 Å². The zero-order chi connectivity index (χ0) is 10.4. The van der Waals surface area contributed by atoms with Crippen LogP contribution in [0, 0.1) is 5.92 Å². The van der Waals surface area contributed by atoms with Gasteiger partial charge in [-0.1, -0.05) is 13.8 Å². The Morgan fingerprint density at radius 3 is 2.86 bits per heavy atom. The molecule has 0 radical (unpaired) electrons. The van der Waals surface area contributed by atoms with Gasteiger partial charge >= 0.3 is 0 Å². The monoisotopic (exact) mass is 198 g/mol. The summed E-state index contributed by atoms with van der Waals surface area (Å²) >= 11 is 0. The standard InChI is InChI=1S/C9H18N4O/c1-8(2)3-5-14-6-4-13-11-7-9(10)12-13/h7-8H,3-6H2,1-2H3,(H2,10,12). The van der Waals surface area contributed by atoms with Gasteiger partial charge < -0.3 is 10.5 Å². The third-order valence-corrected chi connectivity index (χ3v) is 1.83. The van der Waals surface area contributed by atoms with Crippen LogP contribution < -0.4 is 5.73 Å². The van der Waals surface area contributed by atoms with Gasteiger partial charge in [0.15, 0.2) is 5.82 Å². The highest BCUT2D eigenvalue weighted by molar-refractivity contribution is 5.19.